The number of hydrogen-bond acceptors (Lipinski definition) is 9. The zero-order valence-corrected chi connectivity index (χ0v) is 27.3. The molecule has 0 unspecified atom stereocenters. The highest BCUT2D eigenvalue weighted by Crippen LogP contribution is 2.30. The highest BCUT2D eigenvalue weighted by atomic mass is 35.5. The first kappa shape index (κ1) is 35.3. The minimum absolute atomic E-state index is 0.191. The Morgan fingerprint density at radius 2 is 1.62 bits per heavy atom. The van der Waals surface area contributed by atoms with Gasteiger partial charge in [-0.3, -0.25) is 4.79 Å². The second kappa shape index (κ2) is 19.2. The van der Waals surface area contributed by atoms with Gasteiger partial charge in [-0.05, 0) is 67.6 Å². The van der Waals surface area contributed by atoms with Gasteiger partial charge in [-0.25, -0.2) is 14.4 Å². The highest BCUT2D eigenvalue weighted by Gasteiger charge is 2.07. The summed E-state index contributed by atoms with van der Waals surface area (Å²) in [6, 6.07) is 20.6. The molecule has 4 rings (SSSR count). The normalized spacial score (nSPS) is 11.2. The molecule has 1 aromatic heterocycles. The summed E-state index contributed by atoms with van der Waals surface area (Å²) in [6.07, 6.45) is 5.78. The highest BCUT2D eigenvalue weighted by molar-refractivity contribution is 6.32. The maximum Gasteiger partial charge on any atom is 0.248 e. The van der Waals surface area contributed by atoms with E-state index in [0.29, 0.717) is 65.7 Å². The number of rotatable bonds is 19. The van der Waals surface area contributed by atoms with E-state index in [2.05, 4.69) is 37.7 Å². The molecular formula is C35H40ClFN6O4. The van der Waals surface area contributed by atoms with Gasteiger partial charge in [0.1, 0.15) is 36.1 Å². The Hall–Kier alpha value is -4.55. The number of nitrogens with one attached hydrogen (secondary N) is 3. The minimum atomic E-state index is -0.319. The lowest BCUT2D eigenvalue weighted by molar-refractivity contribution is -0.111. The van der Waals surface area contributed by atoms with Crippen molar-refractivity contribution in [3.05, 3.63) is 108 Å². The lowest BCUT2D eigenvalue weighted by atomic mass is 10.2. The Bertz CT molecular complexity index is 1610. The average molecular weight is 663 g/mol. The molecule has 3 N–H and O–H groups in total. The van der Waals surface area contributed by atoms with E-state index in [0.717, 1.165) is 25.3 Å². The number of hydrogen-bond donors (Lipinski definition) is 3. The number of amides is 1. The minimum Gasteiger partial charge on any atom is -0.487 e. The van der Waals surface area contributed by atoms with Crippen molar-refractivity contribution in [2.75, 3.05) is 62.5 Å². The van der Waals surface area contributed by atoms with Gasteiger partial charge >= 0.3 is 0 Å². The molecule has 0 aliphatic rings. The van der Waals surface area contributed by atoms with Crippen LogP contribution in [0.5, 0.6) is 5.75 Å². The SMILES string of the molecule is CCCOCCOCCN(C)C/C=C/C(=O)Nc1cccc(Nc2cc(Nc3ccc(OCc4cccc(F)c4)c(Cl)c3)ncn2)c1. The van der Waals surface area contributed by atoms with Gasteiger partial charge in [0.2, 0.25) is 5.91 Å². The molecule has 0 aliphatic carbocycles. The molecule has 47 heavy (non-hydrogen) atoms. The van der Waals surface area contributed by atoms with Gasteiger partial charge < -0.3 is 35.1 Å². The Labute approximate surface area is 279 Å². The number of likely N-dealkylation sites (N-methyl/N-ethyl adjacent to an activating group) is 1. The molecule has 0 atom stereocenters. The predicted octanol–water partition coefficient (Wildman–Crippen LogP) is 7.21. The second-order valence-corrected chi connectivity index (χ2v) is 11.0. The Morgan fingerprint density at radius 1 is 0.894 bits per heavy atom. The molecule has 10 nitrogen and oxygen atoms in total. The van der Waals surface area contributed by atoms with Gasteiger partial charge in [-0.2, -0.15) is 0 Å². The molecular weight excluding hydrogens is 623 g/mol. The lowest BCUT2D eigenvalue weighted by Crippen LogP contribution is -2.24. The van der Waals surface area contributed by atoms with Crippen LogP contribution in [0, 0.1) is 5.82 Å². The smallest absolute Gasteiger partial charge is 0.248 e. The molecule has 0 spiro atoms. The monoisotopic (exact) mass is 662 g/mol. The molecule has 0 fully saturated rings. The number of benzene rings is 3. The van der Waals surface area contributed by atoms with Crippen LogP contribution in [0.2, 0.25) is 5.02 Å². The Morgan fingerprint density at radius 3 is 2.36 bits per heavy atom. The van der Waals surface area contributed by atoms with E-state index in [9.17, 15) is 9.18 Å². The third kappa shape index (κ3) is 13.0. The molecule has 3 aromatic carbocycles. The van der Waals surface area contributed by atoms with Crippen molar-refractivity contribution >= 4 is 46.2 Å². The van der Waals surface area contributed by atoms with E-state index in [1.54, 1.807) is 36.4 Å². The summed E-state index contributed by atoms with van der Waals surface area (Å²) in [6.45, 7) is 6.19. The maximum absolute atomic E-state index is 13.4. The summed E-state index contributed by atoms with van der Waals surface area (Å²) in [5, 5.41) is 9.73. The molecule has 0 aliphatic heterocycles. The number of ether oxygens (including phenoxy) is 3. The number of anilines is 5. The van der Waals surface area contributed by atoms with Crippen molar-refractivity contribution in [3.8, 4) is 5.75 Å². The van der Waals surface area contributed by atoms with Crippen molar-refractivity contribution in [2.45, 2.75) is 20.0 Å². The van der Waals surface area contributed by atoms with Gasteiger partial charge in [-0.1, -0.05) is 42.8 Å². The molecule has 1 heterocycles. The summed E-state index contributed by atoms with van der Waals surface area (Å²) in [4.78, 5) is 23.2. The number of carbonyl (C=O) groups excluding carboxylic acids is 1. The van der Waals surface area contributed by atoms with Crippen LogP contribution in [-0.2, 0) is 20.9 Å². The van der Waals surface area contributed by atoms with Crippen molar-refractivity contribution in [1.82, 2.24) is 14.9 Å². The maximum atomic E-state index is 13.4. The zero-order valence-electron chi connectivity index (χ0n) is 26.5. The van der Waals surface area contributed by atoms with Crippen LogP contribution in [0.15, 0.2) is 91.3 Å². The summed E-state index contributed by atoms with van der Waals surface area (Å²) < 4.78 is 30.2. The molecule has 248 valence electrons. The van der Waals surface area contributed by atoms with Crippen LogP contribution in [0.3, 0.4) is 0 Å². The van der Waals surface area contributed by atoms with Gasteiger partial charge in [0.05, 0.1) is 24.8 Å². The first-order valence-electron chi connectivity index (χ1n) is 15.3. The number of carbonyl (C=O) groups is 1. The standard InChI is InChI=1S/C35H40ClFN6O4/c1-3-16-45-18-19-46-17-15-43(2)14-6-11-35(44)42-29-10-5-9-28(21-29)40-33-23-34(39-25-38-33)41-30-12-13-32(31(36)22-30)47-24-26-7-4-8-27(37)20-26/h4-13,20-23,25H,3,14-19,24H2,1-2H3,(H,42,44)(H2,38,39,40,41)/b11-6+. The van der Waals surface area contributed by atoms with E-state index in [1.807, 2.05) is 37.4 Å². The Balaban J connectivity index is 1.23. The molecule has 0 radical (unpaired) electrons. The fourth-order valence-corrected chi connectivity index (χ4v) is 4.48. The van der Waals surface area contributed by atoms with Gasteiger partial charge in [0.15, 0.2) is 0 Å². The molecule has 12 heteroatoms. The van der Waals surface area contributed by atoms with Crippen molar-refractivity contribution < 1.29 is 23.4 Å². The first-order valence-corrected chi connectivity index (χ1v) is 15.7. The van der Waals surface area contributed by atoms with E-state index >= 15 is 0 Å². The van der Waals surface area contributed by atoms with Crippen LogP contribution >= 0.6 is 11.6 Å². The van der Waals surface area contributed by atoms with Crippen molar-refractivity contribution in [3.63, 3.8) is 0 Å². The van der Waals surface area contributed by atoms with Crippen LogP contribution in [0.1, 0.15) is 18.9 Å². The summed E-state index contributed by atoms with van der Waals surface area (Å²) in [5.74, 6) is 1.02. The summed E-state index contributed by atoms with van der Waals surface area (Å²) in [5.41, 5.74) is 2.77. The zero-order chi connectivity index (χ0) is 33.3. The van der Waals surface area contributed by atoms with Crippen LogP contribution in [0.4, 0.5) is 33.1 Å². The average Bonchev–Trinajstić information content (AvgIpc) is 3.04. The fourth-order valence-electron chi connectivity index (χ4n) is 4.25. The van der Waals surface area contributed by atoms with Crippen molar-refractivity contribution in [1.29, 1.82) is 0 Å². The van der Waals surface area contributed by atoms with E-state index in [-0.39, 0.29) is 18.3 Å². The Kier molecular flexibility index (Phi) is 14.4. The largest absolute Gasteiger partial charge is 0.487 e. The summed E-state index contributed by atoms with van der Waals surface area (Å²) >= 11 is 6.44. The van der Waals surface area contributed by atoms with Gasteiger partial charge in [0, 0.05) is 48.9 Å². The number of halogens is 2. The van der Waals surface area contributed by atoms with E-state index < -0.39 is 0 Å². The topological polar surface area (TPSA) is 110 Å². The predicted molar refractivity (Wildman–Crippen MR) is 184 cm³/mol. The summed E-state index contributed by atoms with van der Waals surface area (Å²) in [7, 11) is 1.97. The molecule has 4 aromatic rings. The second-order valence-electron chi connectivity index (χ2n) is 10.6. The quantitative estimate of drug-likeness (QED) is 0.0709. The number of nitrogens with zero attached hydrogens (tertiary/aromatic N) is 3. The van der Waals surface area contributed by atoms with Crippen LogP contribution < -0.4 is 20.7 Å². The molecule has 0 saturated heterocycles. The molecule has 1 amide bonds. The van der Waals surface area contributed by atoms with Gasteiger partial charge in [0.25, 0.3) is 0 Å². The van der Waals surface area contributed by atoms with Gasteiger partial charge in [-0.15, -0.1) is 0 Å². The van der Waals surface area contributed by atoms with E-state index in [1.165, 1.54) is 24.5 Å². The lowest BCUT2D eigenvalue weighted by Gasteiger charge is -2.14. The fraction of sp³-hybridized carbons (Fsp3) is 0.286. The molecule has 0 bridgehead atoms. The van der Waals surface area contributed by atoms with Crippen LogP contribution in [0.25, 0.3) is 0 Å². The molecule has 0 saturated carbocycles. The van der Waals surface area contributed by atoms with Crippen molar-refractivity contribution in [2.24, 2.45) is 0 Å². The third-order valence-electron chi connectivity index (χ3n) is 6.58. The first-order chi connectivity index (χ1) is 22.9. The third-order valence-corrected chi connectivity index (χ3v) is 6.88. The van der Waals surface area contributed by atoms with E-state index in [4.69, 9.17) is 25.8 Å². The van der Waals surface area contributed by atoms with Crippen LogP contribution in [-0.4, -0.2) is 67.3 Å². The number of aromatic nitrogens is 2.